The van der Waals surface area contributed by atoms with Crippen molar-refractivity contribution in [3.05, 3.63) is 156 Å². The summed E-state index contributed by atoms with van der Waals surface area (Å²) in [7, 11) is 0. The summed E-state index contributed by atoms with van der Waals surface area (Å²) >= 11 is 0. The zero-order valence-electron chi connectivity index (χ0n) is 43.6. The minimum absolute atomic E-state index is 0.145. The van der Waals surface area contributed by atoms with Gasteiger partial charge in [0.25, 0.3) is 0 Å². The van der Waals surface area contributed by atoms with E-state index in [4.69, 9.17) is 39.4 Å². The van der Waals surface area contributed by atoms with Gasteiger partial charge in [0.15, 0.2) is 0 Å². The topological polar surface area (TPSA) is 230 Å². The Labute approximate surface area is 452 Å². The molecule has 21 heteroatoms. The second-order valence-electron chi connectivity index (χ2n) is 20.6. The van der Waals surface area contributed by atoms with Crippen LogP contribution in [0.4, 0.5) is 47.1 Å². The smallest absolute Gasteiger partial charge is 0.232 e. The van der Waals surface area contributed by atoms with Gasteiger partial charge in [0.1, 0.15) is 18.8 Å². The molecular weight excluding hydrogens is 985 g/mol. The number of aliphatic hydroxyl groups excluding tert-OH is 1. The van der Waals surface area contributed by atoms with E-state index in [9.17, 15) is 5.11 Å². The molecule has 8 aromatic rings. The van der Waals surface area contributed by atoms with Crippen molar-refractivity contribution in [2.45, 2.75) is 44.8 Å². The highest BCUT2D eigenvalue weighted by atomic mass is 16.5. The molecule has 4 aliphatic rings. The first-order chi connectivity index (χ1) is 38.3. The molecular formula is C57H62N18O3. The monoisotopic (exact) mass is 1050 g/mol. The minimum atomic E-state index is -0.579. The number of piperidine rings is 1. The fourth-order valence-corrected chi connectivity index (χ4v) is 10.2. The number of pyridine rings is 1. The van der Waals surface area contributed by atoms with Crippen LogP contribution in [-0.2, 0) is 17.6 Å². The largest absolute Gasteiger partial charge is 0.473 e. The van der Waals surface area contributed by atoms with E-state index in [1.165, 1.54) is 23.8 Å². The maximum atomic E-state index is 10.8. The molecule has 0 aliphatic carbocycles. The molecule has 0 amide bonds. The van der Waals surface area contributed by atoms with E-state index < -0.39 is 6.10 Å². The average Bonchev–Trinajstić information content (AvgIpc) is 3.49. The Hall–Kier alpha value is -8.53. The van der Waals surface area contributed by atoms with Crippen LogP contribution in [0.1, 0.15) is 53.7 Å². The van der Waals surface area contributed by atoms with Crippen LogP contribution in [0.2, 0.25) is 0 Å². The first kappa shape index (κ1) is 50.3. The molecule has 0 bridgehead atoms. The zero-order chi connectivity index (χ0) is 52.7. The van der Waals surface area contributed by atoms with Gasteiger partial charge in [-0.05, 0) is 76.5 Å². The van der Waals surface area contributed by atoms with Crippen molar-refractivity contribution in [3.8, 4) is 17.0 Å². The number of hydrogen-bond donors (Lipinski definition) is 4. The number of hydrogen-bond acceptors (Lipinski definition) is 21. The highest BCUT2D eigenvalue weighted by Gasteiger charge is 2.41. The minimum Gasteiger partial charge on any atom is -0.473 e. The zero-order valence-corrected chi connectivity index (χ0v) is 43.6. The first-order valence-corrected chi connectivity index (χ1v) is 26.7. The van der Waals surface area contributed by atoms with Crippen LogP contribution in [0.5, 0.6) is 5.88 Å². The average molecular weight is 1050 g/mol. The quantitative estimate of drug-likeness (QED) is 0.0793. The summed E-state index contributed by atoms with van der Waals surface area (Å²) in [6.45, 7) is 10.9. The van der Waals surface area contributed by atoms with E-state index >= 15 is 0 Å². The Morgan fingerprint density at radius 3 is 1.69 bits per heavy atom. The second-order valence-corrected chi connectivity index (χ2v) is 20.6. The van der Waals surface area contributed by atoms with E-state index in [-0.39, 0.29) is 11.5 Å². The predicted octanol–water partition coefficient (Wildman–Crippen LogP) is 6.22. The summed E-state index contributed by atoms with van der Waals surface area (Å²) in [5.41, 5.74) is 9.02. The van der Waals surface area contributed by atoms with Gasteiger partial charge in [-0.2, -0.15) is 9.97 Å². The number of benzene rings is 3. The summed E-state index contributed by atoms with van der Waals surface area (Å²) < 4.78 is 11.4. The third-order valence-electron chi connectivity index (χ3n) is 14.8. The summed E-state index contributed by atoms with van der Waals surface area (Å²) in [6, 6.07) is 28.9. The highest BCUT2D eigenvalue weighted by Crippen LogP contribution is 2.40. The number of piperazine rings is 2. The molecule has 9 heterocycles. The number of aliphatic hydroxyl groups is 1. The van der Waals surface area contributed by atoms with Crippen LogP contribution in [0.3, 0.4) is 0 Å². The van der Waals surface area contributed by atoms with Crippen LogP contribution in [0.15, 0.2) is 129 Å². The molecule has 398 valence electrons. The summed E-state index contributed by atoms with van der Waals surface area (Å²) in [6.07, 6.45) is 15.7. The number of nitrogens with one attached hydrogen (secondary N) is 3. The van der Waals surface area contributed by atoms with Gasteiger partial charge in [0, 0.05) is 114 Å². The van der Waals surface area contributed by atoms with E-state index in [0.29, 0.717) is 48.8 Å². The molecule has 12 rings (SSSR count). The Morgan fingerprint density at radius 1 is 0.590 bits per heavy atom. The van der Waals surface area contributed by atoms with Crippen molar-refractivity contribution in [1.82, 2.24) is 60.1 Å². The summed E-state index contributed by atoms with van der Waals surface area (Å²) in [5, 5.41) is 20.7. The Kier molecular flexibility index (Phi) is 14.8. The molecule has 4 aliphatic heterocycles. The fraction of sp³-hybridized carbons (Fsp3) is 0.351. The third-order valence-corrected chi connectivity index (χ3v) is 14.8. The van der Waals surface area contributed by atoms with Crippen LogP contribution in [0, 0.1) is 5.41 Å². The lowest BCUT2D eigenvalue weighted by Crippen LogP contribution is -2.47. The van der Waals surface area contributed by atoms with Gasteiger partial charge >= 0.3 is 0 Å². The summed E-state index contributed by atoms with van der Waals surface area (Å²) in [5.74, 6) is 4.20. The molecule has 4 fully saturated rings. The van der Waals surface area contributed by atoms with Gasteiger partial charge in [-0.25, -0.2) is 44.9 Å². The van der Waals surface area contributed by atoms with Gasteiger partial charge in [-0.15, -0.1) is 0 Å². The van der Waals surface area contributed by atoms with Crippen molar-refractivity contribution in [3.63, 3.8) is 0 Å². The van der Waals surface area contributed by atoms with Crippen LogP contribution in [-0.4, -0.2) is 145 Å². The molecule has 2 atom stereocenters. The molecule has 21 nitrogen and oxygen atoms in total. The lowest BCUT2D eigenvalue weighted by Gasteiger charge is -2.42. The molecule has 4 saturated heterocycles. The molecule has 3 aromatic carbocycles. The van der Waals surface area contributed by atoms with E-state index in [1.54, 1.807) is 6.20 Å². The molecule has 0 spiro atoms. The standard InChI is InChI=1S/C57H62N18O3/c1-57(35-77-36-57)50(76)44-11-13-46(14-12-44)68-51-64-37-66-55(70-51)74-22-18-72(19-23-74)53-60-29-41(30-61-53)26-39-7-9-43(10-8-39)45-5-2-4-40(28-45)27-42-31-62-54(63-32-42)73-20-24-75(25-21-73)56-67-38-65-52(71-56)69-47-15-16-49(59-33-47)78-48-6-3-17-58-34-48/h2,4-5,7-16,28-33,37-38,48,50,58,76H,3,6,17-27,34-36H2,1H3,(H,64,66,68,70)(H,65,67,69,71)/t48-,50?/m0/s1. The molecule has 0 saturated carbocycles. The van der Waals surface area contributed by atoms with Gasteiger partial charge in [-0.3, -0.25) is 0 Å². The summed E-state index contributed by atoms with van der Waals surface area (Å²) in [4.78, 5) is 59.3. The van der Waals surface area contributed by atoms with Crippen LogP contribution >= 0.6 is 0 Å². The van der Waals surface area contributed by atoms with Gasteiger partial charge in [-0.1, -0.05) is 67.6 Å². The first-order valence-electron chi connectivity index (χ1n) is 26.7. The van der Waals surface area contributed by atoms with E-state index in [1.807, 2.05) is 68.1 Å². The van der Waals surface area contributed by atoms with Crippen molar-refractivity contribution in [2.75, 3.05) is 109 Å². The fourth-order valence-electron chi connectivity index (χ4n) is 10.2. The SMILES string of the molecule is CC1(C(O)c2ccc(Nc3ncnc(N4CCN(c5ncc(Cc6ccc(-c7cccc(Cc8cnc(N9CCN(c%10ncnc(Nc%11ccc(O[C@H]%12CCCNC%12)nc%11)n%10)CC9)nc8)c7)cc6)cn5)CC4)n3)cc2)COC1. The number of ether oxygens (including phenoxy) is 2. The number of rotatable bonds is 17. The number of anilines is 8. The lowest BCUT2D eigenvalue weighted by atomic mass is 9.79. The molecule has 1 unspecified atom stereocenters. The predicted molar refractivity (Wildman–Crippen MR) is 298 cm³/mol. The van der Waals surface area contributed by atoms with Gasteiger partial charge in [0.05, 0.1) is 31.2 Å². The normalized spacial score (nSPS) is 17.7. The van der Waals surface area contributed by atoms with E-state index in [0.717, 1.165) is 136 Å². The maximum absolute atomic E-state index is 10.8. The maximum Gasteiger partial charge on any atom is 0.232 e. The Balaban J connectivity index is 0.581. The van der Waals surface area contributed by atoms with Crippen molar-refractivity contribution >= 4 is 47.1 Å². The second kappa shape index (κ2) is 23.0. The molecule has 0 radical (unpaired) electrons. The lowest BCUT2D eigenvalue weighted by molar-refractivity contribution is -0.163. The van der Waals surface area contributed by atoms with E-state index in [2.05, 4.69) is 109 Å². The van der Waals surface area contributed by atoms with Crippen molar-refractivity contribution < 1.29 is 14.6 Å². The molecule has 4 N–H and O–H groups in total. The van der Waals surface area contributed by atoms with Gasteiger partial charge in [0.2, 0.25) is 41.6 Å². The van der Waals surface area contributed by atoms with Gasteiger partial charge < -0.3 is 50.1 Å². The highest BCUT2D eigenvalue weighted by molar-refractivity contribution is 5.65. The van der Waals surface area contributed by atoms with Crippen molar-refractivity contribution in [2.24, 2.45) is 5.41 Å². The number of nitrogens with zero attached hydrogens (tertiary/aromatic N) is 15. The Morgan fingerprint density at radius 2 is 1.15 bits per heavy atom. The third kappa shape index (κ3) is 12.0. The Bertz CT molecular complexity index is 3240. The molecule has 78 heavy (non-hydrogen) atoms. The van der Waals surface area contributed by atoms with Crippen LogP contribution in [0.25, 0.3) is 11.1 Å². The van der Waals surface area contributed by atoms with Crippen LogP contribution < -0.4 is 40.3 Å². The number of aromatic nitrogens is 11. The van der Waals surface area contributed by atoms with Crippen molar-refractivity contribution in [1.29, 1.82) is 0 Å². The molecule has 5 aromatic heterocycles.